The maximum atomic E-state index is 12.5. The fourth-order valence-electron chi connectivity index (χ4n) is 2.99. The Balaban J connectivity index is 1.85. The second-order valence-electron chi connectivity index (χ2n) is 6.70. The summed E-state index contributed by atoms with van der Waals surface area (Å²) in [5, 5.41) is 3.05. The monoisotopic (exact) mass is 343 g/mol. The van der Waals surface area contributed by atoms with Gasteiger partial charge in [0.2, 0.25) is 5.91 Å². The Morgan fingerprint density at radius 2 is 2.28 bits per heavy atom. The summed E-state index contributed by atoms with van der Waals surface area (Å²) in [7, 11) is 4.04. The van der Waals surface area contributed by atoms with Crippen LogP contribution in [0, 0.1) is 12.3 Å². The van der Waals surface area contributed by atoms with Gasteiger partial charge < -0.3 is 15.0 Å². The molecule has 1 heterocycles. The van der Waals surface area contributed by atoms with Crippen LogP contribution in [0.4, 0.5) is 0 Å². The van der Waals surface area contributed by atoms with Gasteiger partial charge in [0.05, 0.1) is 12.6 Å². The van der Waals surface area contributed by atoms with Gasteiger partial charge in [-0.2, -0.15) is 0 Å². The molecule has 0 bridgehead atoms. The number of ether oxygens (including phenoxy) is 1. The zero-order valence-electron chi connectivity index (χ0n) is 15.3. The molecule has 1 aliphatic rings. The molecule has 1 saturated heterocycles. The molecule has 0 radical (unpaired) electrons. The van der Waals surface area contributed by atoms with Gasteiger partial charge in [0, 0.05) is 13.1 Å². The molecule has 1 unspecified atom stereocenters. The Morgan fingerprint density at radius 3 is 3.04 bits per heavy atom. The number of nitrogens with zero attached hydrogens (tertiary/aromatic N) is 2. The number of amides is 1. The van der Waals surface area contributed by atoms with E-state index in [0.717, 1.165) is 43.7 Å². The molecule has 1 N–H and O–H groups in total. The highest BCUT2D eigenvalue weighted by molar-refractivity contribution is 5.81. The van der Waals surface area contributed by atoms with Crippen LogP contribution in [0.1, 0.15) is 24.8 Å². The Morgan fingerprint density at radius 1 is 1.44 bits per heavy atom. The normalized spacial score (nSPS) is 17.9. The van der Waals surface area contributed by atoms with Crippen LogP contribution in [0.25, 0.3) is 0 Å². The predicted molar refractivity (Wildman–Crippen MR) is 100 cm³/mol. The second kappa shape index (κ2) is 10.1. The molecule has 5 heteroatoms. The van der Waals surface area contributed by atoms with Crippen molar-refractivity contribution in [3.05, 3.63) is 29.8 Å². The van der Waals surface area contributed by atoms with Crippen molar-refractivity contribution in [3.63, 3.8) is 0 Å². The highest BCUT2D eigenvalue weighted by Crippen LogP contribution is 2.17. The van der Waals surface area contributed by atoms with Crippen LogP contribution in [-0.2, 0) is 11.3 Å². The van der Waals surface area contributed by atoms with E-state index in [2.05, 4.69) is 21.0 Å². The summed E-state index contributed by atoms with van der Waals surface area (Å²) in [6, 6.07) is 7.77. The minimum atomic E-state index is -0.107. The van der Waals surface area contributed by atoms with Crippen molar-refractivity contribution in [2.24, 2.45) is 0 Å². The molecule has 1 aromatic rings. The molecule has 0 aromatic heterocycles. The maximum absolute atomic E-state index is 12.5. The van der Waals surface area contributed by atoms with Crippen molar-refractivity contribution in [2.75, 3.05) is 40.3 Å². The molecule has 136 valence electrons. The van der Waals surface area contributed by atoms with Gasteiger partial charge in [0.1, 0.15) is 12.4 Å². The molecule has 5 nitrogen and oxygen atoms in total. The van der Waals surface area contributed by atoms with E-state index in [-0.39, 0.29) is 11.9 Å². The number of rotatable bonds is 8. The number of likely N-dealkylation sites (tertiary alicyclic amines) is 1. The maximum Gasteiger partial charge on any atom is 0.237 e. The zero-order chi connectivity index (χ0) is 18.1. The lowest BCUT2D eigenvalue weighted by atomic mass is 10.0. The average Bonchev–Trinajstić information content (AvgIpc) is 2.60. The van der Waals surface area contributed by atoms with E-state index in [1.54, 1.807) is 0 Å². The number of carbonyl (C=O) groups excluding carboxylic acids is 1. The number of nitrogens with one attached hydrogen (secondary N) is 1. The van der Waals surface area contributed by atoms with Crippen molar-refractivity contribution in [1.82, 2.24) is 15.1 Å². The van der Waals surface area contributed by atoms with Gasteiger partial charge in [-0.1, -0.05) is 24.5 Å². The number of carbonyl (C=O) groups is 1. The van der Waals surface area contributed by atoms with Gasteiger partial charge in [-0.05, 0) is 51.2 Å². The summed E-state index contributed by atoms with van der Waals surface area (Å²) in [6.07, 6.45) is 8.48. The summed E-state index contributed by atoms with van der Waals surface area (Å²) in [5.74, 6) is 3.55. The van der Waals surface area contributed by atoms with E-state index >= 15 is 0 Å². The molecule has 0 aliphatic carbocycles. The van der Waals surface area contributed by atoms with Crippen molar-refractivity contribution in [3.8, 4) is 18.1 Å². The van der Waals surface area contributed by atoms with Crippen molar-refractivity contribution in [2.45, 2.75) is 31.8 Å². The third kappa shape index (κ3) is 6.41. The van der Waals surface area contributed by atoms with Crippen LogP contribution in [-0.4, -0.2) is 62.1 Å². The quantitative estimate of drug-likeness (QED) is 0.730. The topological polar surface area (TPSA) is 44.8 Å². The Labute approximate surface area is 151 Å². The van der Waals surface area contributed by atoms with Crippen LogP contribution < -0.4 is 10.1 Å². The SMILES string of the molecule is C#CCN1CCCCC1C(=O)NCc1cccc(OCCN(C)C)c1. The van der Waals surface area contributed by atoms with Crippen molar-refractivity contribution in [1.29, 1.82) is 0 Å². The predicted octanol–water partition coefficient (Wildman–Crippen LogP) is 1.73. The standard InChI is InChI=1S/C20H29N3O2/c1-4-11-23-12-6-5-10-19(23)20(24)21-16-17-8-7-9-18(15-17)25-14-13-22(2)3/h1,7-9,15,19H,5-6,10-14,16H2,2-3H3,(H,21,24). The first kappa shape index (κ1) is 19.3. The first-order valence-electron chi connectivity index (χ1n) is 8.92. The van der Waals surface area contributed by atoms with E-state index in [1.165, 1.54) is 0 Å². The fourth-order valence-corrected chi connectivity index (χ4v) is 2.99. The number of piperidine rings is 1. The van der Waals surface area contributed by atoms with Gasteiger partial charge in [0.25, 0.3) is 0 Å². The number of likely N-dealkylation sites (N-methyl/N-ethyl adjacent to an activating group) is 1. The Bertz CT molecular complexity index is 595. The van der Waals surface area contributed by atoms with Crippen molar-refractivity contribution < 1.29 is 9.53 Å². The molecule has 2 rings (SSSR count). The Kier molecular flexibility index (Phi) is 7.77. The lowest BCUT2D eigenvalue weighted by molar-refractivity contribution is -0.127. The van der Waals surface area contributed by atoms with E-state index in [0.29, 0.717) is 19.7 Å². The lowest BCUT2D eigenvalue weighted by Gasteiger charge is -2.33. The molecular weight excluding hydrogens is 314 g/mol. The molecule has 0 spiro atoms. The van der Waals surface area contributed by atoms with E-state index in [4.69, 9.17) is 11.2 Å². The summed E-state index contributed by atoms with van der Waals surface area (Å²) in [5.41, 5.74) is 1.04. The van der Waals surface area contributed by atoms with E-state index in [9.17, 15) is 4.79 Å². The molecule has 0 saturated carbocycles. The van der Waals surface area contributed by atoms with Gasteiger partial charge in [-0.25, -0.2) is 0 Å². The van der Waals surface area contributed by atoms with Gasteiger partial charge >= 0.3 is 0 Å². The minimum Gasteiger partial charge on any atom is -0.492 e. The van der Waals surface area contributed by atoms with Crippen LogP contribution >= 0.6 is 0 Å². The molecule has 25 heavy (non-hydrogen) atoms. The largest absolute Gasteiger partial charge is 0.492 e. The van der Waals surface area contributed by atoms with Gasteiger partial charge in [-0.3, -0.25) is 9.69 Å². The van der Waals surface area contributed by atoms with Gasteiger partial charge in [-0.15, -0.1) is 6.42 Å². The first-order valence-corrected chi connectivity index (χ1v) is 8.92. The molecule has 1 aliphatic heterocycles. The molecule has 1 fully saturated rings. The van der Waals surface area contributed by atoms with Crippen LogP contribution in [0.3, 0.4) is 0 Å². The molecule has 1 amide bonds. The summed E-state index contributed by atoms with van der Waals surface area (Å²) in [4.78, 5) is 16.7. The van der Waals surface area contributed by atoms with Crippen LogP contribution in [0.5, 0.6) is 5.75 Å². The lowest BCUT2D eigenvalue weighted by Crippen LogP contribution is -2.49. The van der Waals surface area contributed by atoms with Crippen molar-refractivity contribution >= 4 is 5.91 Å². The fraction of sp³-hybridized carbons (Fsp3) is 0.550. The van der Waals surface area contributed by atoms with E-state index < -0.39 is 0 Å². The first-order chi connectivity index (χ1) is 12.1. The zero-order valence-corrected chi connectivity index (χ0v) is 15.3. The number of hydrogen-bond acceptors (Lipinski definition) is 4. The number of benzene rings is 1. The van der Waals surface area contributed by atoms with Crippen LogP contribution in [0.15, 0.2) is 24.3 Å². The summed E-state index contributed by atoms with van der Waals surface area (Å²) >= 11 is 0. The average molecular weight is 343 g/mol. The van der Waals surface area contributed by atoms with Crippen LogP contribution in [0.2, 0.25) is 0 Å². The minimum absolute atomic E-state index is 0.0638. The molecule has 1 aromatic carbocycles. The number of terminal acetylenes is 1. The third-order valence-electron chi connectivity index (χ3n) is 4.38. The smallest absolute Gasteiger partial charge is 0.237 e. The summed E-state index contributed by atoms with van der Waals surface area (Å²) < 4.78 is 5.74. The highest BCUT2D eigenvalue weighted by Gasteiger charge is 2.27. The molecule has 1 atom stereocenters. The second-order valence-corrected chi connectivity index (χ2v) is 6.70. The number of hydrogen-bond donors (Lipinski definition) is 1. The third-order valence-corrected chi connectivity index (χ3v) is 4.38. The van der Waals surface area contributed by atoms with E-state index in [1.807, 2.05) is 38.4 Å². The van der Waals surface area contributed by atoms with Gasteiger partial charge in [0.15, 0.2) is 0 Å². The highest BCUT2D eigenvalue weighted by atomic mass is 16.5. The summed E-state index contributed by atoms with van der Waals surface area (Å²) in [6.45, 7) is 3.45. The molecular formula is C20H29N3O2. The Hall–Kier alpha value is -2.03.